The van der Waals surface area contributed by atoms with E-state index in [4.69, 9.17) is 20.4 Å². The lowest BCUT2D eigenvalue weighted by Crippen LogP contribution is -2.24. The molecule has 0 aromatic rings. The molecule has 0 aromatic heterocycles. The van der Waals surface area contributed by atoms with Crippen molar-refractivity contribution in [3.05, 3.63) is 0 Å². The van der Waals surface area contributed by atoms with Crippen molar-refractivity contribution in [3.63, 3.8) is 0 Å². The van der Waals surface area contributed by atoms with Crippen LogP contribution in [0.2, 0.25) is 0 Å². The molecule has 0 spiro atoms. The van der Waals surface area contributed by atoms with Gasteiger partial charge in [-0.3, -0.25) is 9.59 Å². The van der Waals surface area contributed by atoms with Gasteiger partial charge in [0.05, 0.1) is 37.8 Å². The van der Waals surface area contributed by atoms with E-state index in [9.17, 15) is 9.59 Å². The number of esters is 1. The molecular formula is C11H20O7. The zero-order valence-electron chi connectivity index (χ0n) is 10.3. The largest absolute Gasteiger partial charge is 0.481 e. The fraction of sp³-hybridized carbons (Fsp3) is 0.818. The van der Waals surface area contributed by atoms with Gasteiger partial charge in [-0.2, -0.15) is 0 Å². The first-order chi connectivity index (χ1) is 8.31. The molecule has 3 unspecified atom stereocenters. The highest BCUT2D eigenvalue weighted by atomic mass is 16.5. The molecule has 0 aliphatic carbocycles. The third-order valence-electron chi connectivity index (χ3n) is 2.14. The molecule has 1 saturated heterocycles. The van der Waals surface area contributed by atoms with Gasteiger partial charge in [0.15, 0.2) is 0 Å². The Bertz CT molecular complexity index is 264. The molecule has 1 heterocycles. The molecule has 0 bridgehead atoms. The maximum Gasteiger partial charge on any atom is 0.308 e. The molecule has 1 aliphatic rings. The van der Waals surface area contributed by atoms with Crippen LogP contribution in [0.15, 0.2) is 0 Å². The van der Waals surface area contributed by atoms with Crippen LogP contribution in [0.5, 0.6) is 0 Å². The highest BCUT2D eigenvalue weighted by Gasteiger charge is 2.17. The molecule has 0 amide bonds. The Labute approximate surface area is 105 Å². The lowest BCUT2D eigenvalue weighted by Gasteiger charge is -2.15. The summed E-state index contributed by atoms with van der Waals surface area (Å²) in [5, 5.41) is 34.5. The SMILES string of the molecule is CC(O)CC(O)CC(=O)O.O=C1CC(O)CCO1. The lowest BCUT2D eigenvalue weighted by molar-refractivity contribution is -0.151. The van der Waals surface area contributed by atoms with Gasteiger partial charge in [-0.25, -0.2) is 0 Å². The fourth-order valence-corrected chi connectivity index (χ4v) is 1.34. The maximum atomic E-state index is 10.3. The second-order valence-electron chi connectivity index (χ2n) is 4.20. The Morgan fingerprint density at radius 2 is 2.11 bits per heavy atom. The van der Waals surface area contributed by atoms with E-state index >= 15 is 0 Å². The van der Waals surface area contributed by atoms with Crippen molar-refractivity contribution in [3.8, 4) is 0 Å². The lowest BCUT2D eigenvalue weighted by atomic mass is 10.1. The number of hydrogen-bond donors (Lipinski definition) is 4. The molecule has 7 nitrogen and oxygen atoms in total. The summed E-state index contributed by atoms with van der Waals surface area (Å²) in [5.41, 5.74) is 0. The second-order valence-corrected chi connectivity index (χ2v) is 4.20. The van der Waals surface area contributed by atoms with Crippen molar-refractivity contribution in [2.45, 2.75) is 50.9 Å². The zero-order valence-corrected chi connectivity index (χ0v) is 10.3. The van der Waals surface area contributed by atoms with Crippen molar-refractivity contribution in [1.29, 1.82) is 0 Å². The summed E-state index contributed by atoms with van der Waals surface area (Å²) in [4.78, 5) is 20.2. The molecule has 1 aliphatic heterocycles. The Kier molecular flexibility index (Phi) is 8.27. The van der Waals surface area contributed by atoms with Crippen LogP contribution >= 0.6 is 0 Å². The van der Waals surface area contributed by atoms with E-state index in [2.05, 4.69) is 4.74 Å². The van der Waals surface area contributed by atoms with Crippen LogP contribution in [-0.4, -0.2) is 57.3 Å². The Balaban J connectivity index is 0.000000327. The summed E-state index contributed by atoms with van der Waals surface area (Å²) < 4.78 is 4.55. The monoisotopic (exact) mass is 264 g/mol. The van der Waals surface area contributed by atoms with Crippen LogP contribution in [0.3, 0.4) is 0 Å². The summed E-state index contributed by atoms with van der Waals surface area (Å²) in [6.07, 6.45) is -1.47. The maximum absolute atomic E-state index is 10.3. The van der Waals surface area contributed by atoms with Gasteiger partial charge in [0.2, 0.25) is 0 Å². The molecule has 4 N–H and O–H groups in total. The van der Waals surface area contributed by atoms with Gasteiger partial charge in [-0.15, -0.1) is 0 Å². The van der Waals surface area contributed by atoms with E-state index < -0.39 is 24.3 Å². The van der Waals surface area contributed by atoms with Crippen LogP contribution in [0.4, 0.5) is 0 Å². The van der Waals surface area contributed by atoms with Gasteiger partial charge in [0, 0.05) is 6.42 Å². The van der Waals surface area contributed by atoms with E-state index in [1.54, 1.807) is 0 Å². The zero-order chi connectivity index (χ0) is 14.1. The van der Waals surface area contributed by atoms with Crippen LogP contribution in [-0.2, 0) is 14.3 Å². The first kappa shape index (κ1) is 16.8. The highest BCUT2D eigenvalue weighted by molar-refractivity contribution is 5.70. The number of aliphatic hydroxyl groups is 3. The third kappa shape index (κ3) is 10.0. The van der Waals surface area contributed by atoms with Crippen molar-refractivity contribution < 1.29 is 34.8 Å². The van der Waals surface area contributed by atoms with Crippen molar-refractivity contribution >= 4 is 11.9 Å². The van der Waals surface area contributed by atoms with Gasteiger partial charge >= 0.3 is 11.9 Å². The van der Waals surface area contributed by atoms with Gasteiger partial charge in [0.1, 0.15) is 0 Å². The van der Waals surface area contributed by atoms with Crippen LogP contribution < -0.4 is 0 Å². The summed E-state index contributed by atoms with van der Waals surface area (Å²) in [7, 11) is 0. The number of carbonyl (C=O) groups is 2. The van der Waals surface area contributed by atoms with Gasteiger partial charge in [-0.1, -0.05) is 0 Å². The second kappa shape index (κ2) is 8.84. The van der Waals surface area contributed by atoms with E-state index in [1.807, 2.05) is 0 Å². The van der Waals surface area contributed by atoms with E-state index in [0.717, 1.165) is 0 Å². The van der Waals surface area contributed by atoms with Crippen molar-refractivity contribution in [1.82, 2.24) is 0 Å². The number of carbonyl (C=O) groups excluding carboxylic acids is 1. The van der Waals surface area contributed by atoms with Crippen molar-refractivity contribution in [2.75, 3.05) is 6.61 Å². The molecule has 18 heavy (non-hydrogen) atoms. The number of rotatable bonds is 4. The van der Waals surface area contributed by atoms with Crippen LogP contribution in [0, 0.1) is 0 Å². The number of aliphatic hydroxyl groups excluding tert-OH is 3. The first-order valence-electron chi connectivity index (χ1n) is 5.72. The molecule has 106 valence electrons. The van der Waals surface area contributed by atoms with Crippen molar-refractivity contribution in [2.24, 2.45) is 0 Å². The molecule has 0 aromatic carbocycles. The summed E-state index contributed by atoms with van der Waals surface area (Å²) in [6, 6.07) is 0. The molecular weight excluding hydrogens is 244 g/mol. The molecule has 1 fully saturated rings. The minimum atomic E-state index is -1.05. The van der Waals surface area contributed by atoms with Gasteiger partial charge in [0.25, 0.3) is 0 Å². The summed E-state index contributed by atoms with van der Waals surface area (Å²) >= 11 is 0. The smallest absolute Gasteiger partial charge is 0.308 e. The van der Waals surface area contributed by atoms with E-state index in [1.165, 1.54) is 6.92 Å². The topological polar surface area (TPSA) is 124 Å². The standard InChI is InChI=1S/C6H12O4.C5H8O3/c1-4(7)2-5(8)3-6(9)10;6-4-1-2-8-5(7)3-4/h4-5,7-8H,2-3H2,1H3,(H,9,10);4,6H,1-3H2. The normalized spacial score (nSPS) is 22.2. The molecule has 1 rings (SSSR count). The first-order valence-corrected chi connectivity index (χ1v) is 5.72. The highest BCUT2D eigenvalue weighted by Crippen LogP contribution is 2.06. The quantitative estimate of drug-likeness (QED) is 0.494. The molecule has 7 heteroatoms. The number of ether oxygens (including phenoxy) is 1. The average molecular weight is 264 g/mol. The Morgan fingerprint density at radius 3 is 2.44 bits per heavy atom. The third-order valence-corrected chi connectivity index (χ3v) is 2.14. The Morgan fingerprint density at radius 1 is 1.50 bits per heavy atom. The predicted octanol–water partition coefficient (Wildman–Crippen LogP) is -0.723. The minimum absolute atomic E-state index is 0.117. The van der Waals surface area contributed by atoms with E-state index in [0.29, 0.717) is 13.0 Å². The number of hydrogen-bond acceptors (Lipinski definition) is 6. The van der Waals surface area contributed by atoms with Gasteiger partial charge in [-0.05, 0) is 13.3 Å². The molecule has 0 radical (unpaired) electrons. The Hall–Kier alpha value is -1.18. The number of aliphatic carboxylic acids is 1. The molecule has 0 saturated carbocycles. The number of cyclic esters (lactones) is 1. The minimum Gasteiger partial charge on any atom is -0.481 e. The van der Waals surface area contributed by atoms with E-state index in [-0.39, 0.29) is 25.2 Å². The predicted molar refractivity (Wildman–Crippen MR) is 60.8 cm³/mol. The fourth-order valence-electron chi connectivity index (χ4n) is 1.34. The average Bonchev–Trinajstić information content (AvgIpc) is 2.14. The summed E-state index contributed by atoms with van der Waals surface area (Å²) in [6.45, 7) is 1.88. The van der Waals surface area contributed by atoms with Crippen LogP contribution in [0.1, 0.15) is 32.6 Å². The molecule has 3 atom stereocenters. The number of carboxylic acids is 1. The van der Waals surface area contributed by atoms with Crippen LogP contribution in [0.25, 0.3) is 0 Å². The van der Waals surface area contributed by atoms with Gasteiger partial charge < -0.3 is 25.2 Å². The summed E-state index contributed by atoms with van der Waals surface area (Å²) in [5.74, 6) is -1.34. The number of carboxylic acid groups (broad SMARTS) is 1.